The van der Waals surface area contributed by atoms with Crippen molar-refractivity contribution in [2.24, 2.45) is 0 Å². The molecule has 39 heavy (non-hydrogen) atoms. The summed E-state index contributed by atoms with van der Waals surface area (Å²) < 4.78 is 20.3. The van der Waals surface area contributed by atoms with Gasteiger partial charge in [0, 0.05) is 19.0 Å². The zero-order valence-electron chi connectivity index (χ0n) is 23.3. The molecule has 0 saturated carbocycles. The molecule has 3 aromatic carbocycles. The first kappa shape index (κ1) is 30.4. The molecule has 5 nitrogen and oxygen atoms in total. The fourth-order valence-corrected chi connectivity index (χ4v) is 4.58. The number of carbonyl (C=O) groups is 2. The minimum atomic E-state index is -0.783. The van der Waals surface area contributed by atoms with E-state index >= 15 is 0 Å². The molecule has 0 aliphatic rings. The highest BCUT2D eigenvalue weighted by Crippen LogP contribution is 2.31. The largest absolute Gasteiger partial charge is 0.483 e. The van der Waals surface area contributed by atoms with Crippen molar-refractivity contribution in [1.82, 2.24) is 10.2 Å². The van der Waals surface area contributed by atoms with Gasteiger partial charge in [-0.15, -0.1) is 0 Å². The second-order valence-electron chi connectivity index (χ2n) is 10.9. The molecule has 2 atom stereocenters. The van der Waals surface area contributed by atoms with Crippen molar-refractivity contribution in [3.05, 3.63) is 99.8 Å². The molecule has 3 aromatic rings. The van der Waals surface area contributed by atoms with Crippen molar-refractivity contribution in [1.29, 1.82) is 0 Å². The molecule has 0 aliphatic carbocycles. The Morgan fingerprint density at radius 1 is 1.00 bits per heavy atom. The van der Waals surface area contributed by atoms with E-state index in [1.165, 1.54) is 17.0 Å². The van der Waals surface area contributed by atoms with Gasteiger partial charge in [-0.05, 0) is 75.6 Å². The molecule has 0 heterocycles. The molecule has 0 saturated heterocycles. The molecule has 1 N–H and O–H groups in total. The van der Waals surface area contributed by atoms with E-state index in [1.807, 2.05) is 62.4 Å². The van der Waals surface area contributed by atoms with E-state index in [-0.39, 0.29) is 42.2 Å². The fraction of sp³-hybridized carbons (Fsp3) is 0.375. The summed E-state index contributed by atoms with van der Waals surface area (Å²) in [5.41, 5.74) is 2.75. The van der Waals surface area contributed by atoms with E-state index in [4.69, 9.17) is 4.74 Å². The van der Waals surface area contributed by atoms with Crippen molar-refractivity contribution in [3.8, 4) is 5.75 Å². The summed E-state index contributed by atoms with van der Waals surface area (Å²) in [7, 11) is 0. The van der Waals surface area contributed by atoms with Gasteiger partial charge in [-0.2, -0.15) is 0 Å². The number of halogens is 2. The number of nitrogens with zero attached hydrogens (tertiary/aromatic N) is 1. The first-order valence-electron chi connectivity index (χ1n) is 13.3. The average Bonchev–Trinajstić information content (AvgIpc) is 2.90. The Kier molecular flexibility index (Phi) is 10.7. The lowest BCUT2D eigenvalue weighted by Crippen LogP contribution is -2.53. The lowest BCUT2D eigenvalue weighted by molar-refractivity contribution is -0.143. The quantitative estimate of drug-likeness (QED) is 0.264. The number of hydrogen-bond donors (Lipinski definition) is 1. The minimum Gasteiger partial charge on any atom is -0.483 e. The molecule has 3 rings (SSSR count). The van der Waals surface area contributed by atoms with E-state index in [2.05, 4.69) is 42.0 Å². The number of benzene rings is 3. The summed E-state index contributed by atoms with van der Waals surface area (Å²) in [5.74, 6) is -0.397. The van der Waals surface area contributed by atoms with Crippen LogP contribution in [0.2, 0.25) is 0 Å². The van der Waals surface area contributed by atoms with E-state index < -0.39 is 6.04 Å². The molecule has 0 aromatic heterocycles. The number of nitrogens with one attached hydrogen (secondary N) is 1. The Labute approximate surface area is 239 Å². The van der Waals surface area contributed by atoms with Gasteiger partial charge in [0.1, 0.15) is 17.6 Å². The Hall–Kier alpha value is -3.19. The summed E-state index contributed by atoms with van der Waals surface area (Å²) in [6, 6.07) is 20.6. The monoisotopic (exact) mass is 596 g/mol. The lowest BCUT2D eigenvalue weighted by Gasteiger charge is -2.32. The Morgan fingerprint density at radius 2 is 1.67 bits per heavy atom. The van der Waals surface area contributed by atoms with Gasteiger partial charge in [-0.3, -0.25) is 9.59 Å². The maximum atomic E-state index is 13.7. The van der Waals surface area contributed by atoms with E-state index in [9.17, 15) is 14.0 Å². The van der Waals surface area contributed by atoms with Crippen LogP contribution in [0.5, 0.6) is 5.75 Å². The van der Waals surface area contributed by atoms with Crippen molar-refractivity contribution in [2.75, 3.05) is 6.61 Å². The lowest BCUT2D eigenvalue weighted by atomic mass is 9.87. The molecular formula is C32H38BrFN2O3. The van der Waals surface area contributed by atoms with Crippen LogP contribution in [-0.2, 0) is 28.0 Å². The van der Waals surface area contributed by atoms with Gasteiger partial charge < -0.3 is 15.0 Å². The number of amides is 2. The van der Waals surface area contributed by atoms with Crippen molar-refractivity contribution >= 4 is 27.7 Å². The maximum Gasteiger partial charge on any atom is 0.261 e. The normalized spacial score (nSPS) is 12.9. The van der Waals surface area contributed by atoms with Gasteiger partial charge in [-0.1, -0.05) is 76.2 Å². The SMILES string of the molecule is CC[C@@H](C)NC(=O)[C@H](Cc1ccccc1)N(Cc1ccc(F)cc1)C(=O)COc1ccc(C(C)(C)C)cc1Br. The van der Waals surface area contributed by atoms with Crippen LogP contribution in [0.25, 0.3) is 0 Å². The first-order valence-corrected chi connectivity index (χ1v) is 14.1. The van der Waals surface area contributed by atoms with Gasteiger partial charge in [-0.25, -0.2) is 4.39 Å². The van der Waals surface area contributed by atoms with E-state index in [0.29, 0.717) is 12.2 Å². The third-order valence-electron chi connectivity index (χ3n) is 6.69. The molecule has 208 valence electrons. The number of carbonyl (C=O) groups excluding carboxylic acids is 2. The van der Waals surface area contributed by atoms with Crippen molar-refractivity contribution < 1.29 is 18.7 Å². The summed E-state index contributed by atoms with van der Waals surface area (Å²) in [6.45, 7) is 10.2. The van der Waals surface area contributed by atoms with Gasteiger partial charge in [0.15, 0.2) is 6.61 Å². The summed E-state index contributed by atoms with van der Waals surface area (Å²) in [5, 5.41) is 3.04. The second kappa shape index (κ2) is 13.7. The van der Waals surface area contributed by atoms with Crippen molar-refractivity contribution in [2.45, 2.75) is 71.5 Å². The Balaban J connectivity index is 1.91. The second-order valence-corrected chi connectivity index (χ2v) is 11.7. The first-order chi connectivity index (χ1) is 18.5. The Morgan fingerprint density at radius 3 is 2.26 bits per heavy atom. The van der Waals surface area contributed by atoms with Crippen LogP contribution in [0.4, 0.5) is 4.39 Å². The Bertz CT molecular complexity index is 1240. The van der Waals surface area contributed by atoms with Crippen LogP contribution in [0.15, 0.2) is 77.3 Å². The van der Waals surface area contributed by atoms with Gasteiger partial charge in [0.25, 0.3) is 5.91 Å². The minimum absolute atomic E-state index is 0.0313. The van der Waals surface area contributed by atoms with Crippen LogP contribution in [0.1, 0.15) is 57.7 Å². The average molecular weight is 598 g/mol. The summed E-state index contributed by atoms with van der Waals surface area (Å²) >= 11 is 3.57. The van der Waals surface area contributed by atoms with E-state index in [0.717, 1.165) is 27.6 Å². The highest BCUT2D eigenvalue weighted by Gasteiger charge is 2.31. The molecule has 0 spiro atoms. The van der Waals surface area contributed by atoms with Crippen LogP contribution in [0.3, 0.4) is 0 Å². The van der Waals surface area contributed by atoms with Crippen molar-refractivity contribution in [3.63, 3.8) is 0 Å². The number of hydrogen-bond acceptors (Lipinski definition) is 3. The predicted molar refractivity (Wildman–Crippen MR) is 157 cm³/mol. The molecule has 0 radical (unpaired) electrons. The van der Waals surface area contributed by atoms with Crippen LogP contribution >= 0.6 is 15.9 Å². The zero-order valence-corrected chi connectivity index (χ0v) is 24.9. The number of ether oxygens (including phenoxy) is 1. The predicted octanol–water partition coefficient (Wildman–Crippen LogP) is 6.82. The smallest absolute Gasteiger partial charge is 0.261 e. The molecule has 7 heteroatoms. The van der Waals surface area contributed by atoms with Gasteiger partial charge >= 0.3 is 0 Å². The molecule has 2 amide bonds. The molecule has 0 aliphatic heterocycles. The third-order valence-corrected chi connectivity index (χ3v) is 7.31. The highest BCUT2D eigenvalue weighted by molar-refractivity contribution is 9.10. The van der Waals surface area contributed by atoms with Gasteiger partial charge in [0.2, 0.25) is 5.91 Å². The van der Waals surface area contributed by atoms with E-state index in [1.54, 1.807) is 12.1 Å². The molecule has 0 fully saturated rings. The molecular weight excluding hydrogens is 559 g/mol. The standard InChI is InChI=1S/C32H38BrFN2O3/c1-6-22(2)35-31(38)28(18-23-10-8-7-9-11-23)36(20-24-12-15-26(34)16-13-24)30(37)21-39-29-17-14-25(19-27(29)33)32(3,4)5/h7-17,19,22,28H,6,18,20-21H2,1-5H3,(H,35,38)/t22-,28+/m1/s1. The third kappa shape index (κ3) is 8.92. The maximum absolute atomic E-state index is 13.7. The molecule has 0 bridgehead atoms. The number of rotatable bonds is 11. The van der Waals surface area contributed by atoms with Gasteiger partial charge in [0.05, 0.1) is 4.47 Å². The van der Waals surface area contributed by atoms with Crippen LogP contribution in [-0.4, -0.2) is 35.4 Å². The zero-order chi connectivity index (χ0) is 28.6. The van der Waals surface area contributed by atoms with Crippen LogP contribution < -0.4 is 10.1 Å². The molecule has 0 unspecified atom stereocenters. The topological polar surface area (TPSA) is 58.6 Å². The highest BCUT2D eigenvalue weighted by atomic mass is 79.9. The van der Waals surface area contributed by atoms with Crippen LogP contribution in [0, 0.1) is 5.82 Å². The summed E-state index contributed by atoms with van der Waals surface area (Å²) in [6.07, 6.45) is 1.09. The fourth-order valence-electron chi connectivity index (χ4n) is 4.09. The summed E-state index contributed by atoms with van der Waals surface area (Å²) in [4.78, 5) is 28.8.